The van der Waals surface area contributed by atoms with Gasteiger partial charge >= 0.3 is 0 Å². The Morgan fingerprint density at radius 1 is 1.10 bits per heavy atom. The van der Waals surface area contributed by atoms with Gasteiger partial charge in [-0.2, -0.15) is 0 Å². The lowest BCUT2D eigenvalue weighted by molar-refractivity contribution is -0.120. The molecule has 3 aromatic rings. The fraction of sp³-hybridized carbons (Fsp3) is 0.118. The van der Waals surface area contributed by atoms with Gasteiger partial charge in [-0.05, 0) is 42.3 Å². The number of para-hydroxylation sites is 1. The number of anilines is 1. The molecule has 0 bridgehead atoms. The molecule has 0 atom stereocenters. The SMILES string of the molecule is O=COc1ccc(NCCc2c[nH]c3ccccc23)cc1. The van der Waals surface area contributed by atoms with Crippen LogP contribution < -0.4 is 10.1 Å². The summed E-state index contributed by atoms with van der Waals surface area (Å²) in [6.07, 6.45) is 3.00. The fourth-order valence-electron chi connectivity index (χ4n) is 2.39. The van der Waals surface area contributed by atoms with E-state index in [1.54, 1.807) is 12.1 Å². The highest BCUT2D eigenvalue weighted by molar-refractivity contribution is 5.83. The van der Waals surface area contributed by atoms with Gasteiger partial charge in [0, 0.05) is 29.3 Å². The van der Waals surface area contributed by atoms with Crippen LogP contribution in [-0.2, 0) is 11.2 Å². The molecule has 21 heavy (non-hydrogen) atoms. The average molecular weight is 280 g/mol. The molecule has 3 rings (SSSR count). The van der Waals surface area contributed by atoms with Crippen molar-refractivity contribution in [2.45, 2.75) is 6.42 Å². The summed E-state index contributed by atoms with van der Waals surface area (Å²) < 4.78 is 4.76. The zero-order valence-corrected chi connectivity index (χ0v) is 11.5. The molecule has 1 aromatic heterocycles. The first-order chi connectivity index (χ1) is 10.4. The van der Waals surface area contributed by atoms with E-state index in [2.05, 4.69) is 34.7 Å². The molecule has 0 saturated carbocycles. The summed E-state index contributed by atoms with van der Waals surface area (Å²) in [5, 5.41) is 4.63. The molecule has 0 aliphatic carbocycles. The third kappa shape index (κ3) is 3.05. The van der Waals surface area contributed by atoms with Gasteiger partial charge in [0.1, 0.15) is 5.75 Å². The minimum absolute atomic E-state index is 0.430. The molecule has 0 saturated heterocycles. The molecule has 2 aromatic carbocycles. The van der Waals surface area contributed by atoms with Crippen molar-refractivity contribution in [2.24, 2.45) is 0 Å². The molecule has 4 heteroatoms. The number of hydrogen-bond donors (Lipinski definition) is 2. The maximum absolute atomic E-state index is 10.2. The molecule has 106 valence electrons. The Bertz CT molecular complexity index is 732. The number of benzene rings is 2. The number of nitrogens with one attached hydrogen (secondary N) is 2. The van der Waals surface area contributed by atoms with Gasteiger partial charge in [-0.1, -0.05) is 18.2 Å². The van der Waals surface area contributed by atoms with E-state index in [0.29, 0.717) is 12.2 Å². The van der Waals surface area contributed by atoms with Crippen molar-refractivity contribution >= 4 is 23.1 Å². The van der Waals surface area contributed by atoms with Gasteiger partial charge in [-0.3, -0.25) is 4.79 Å². The molecule has 2 N–H and O–H groups in total. The highest BCUT2D eigenvalue weighted by Crippen LogP contribution is 2.19. The van der Waals surface area contributed by atoms with Crippen molar-refractivity contribution in [1.82, 2.24) is 4.98 Å². The fourth-order valence-corrected chi connectivity index (χ4v) is 2.39. The van der Waals surface area contributed by atoms with Crippen LogP contribution in [0.25, 0.3) is 10.9 Å². The highest BCUT2D eigenvalue weighted by Gasteiger charge is 2.02. The molecule has 0 radical (unpaired) electrons. The number of fused-ring (bicyclic) bond motifs is 1. The quantitative estimate of drug-likeness (QED) is 0.681. The topological polar surface area (TPSA) is 54.1 Å². The number of rotatable bonds is 6. The van der Waals surface area contributed by atoms with E-state index in [1.807, 2.05) is 18.2 Å². The number of aromatic amines is 1. The first-order valence-electron chi connectivity index (χ1n) is 6.86. The number of carbonyl (C=O) groups excluding carboxylic acids is 1. The molecular formula is C17H16N2O2. The monoisotopic (exact) mass is 280 g/mol. The molecule has 1 heterocycles. The second-order valence-corrected chi connectivity index (χ2v) is 4.77. The van der Waals surface area contributed by atoms with Crippen LogP contribution >= 0.6 is 0 Å². The third-order valence-corrected chi connectivity index (χ3v) is 3.44. The summed E-state index contributed by atoms with van der Waals surface area (Å²) in [5.41, 5.74) is 3.48. The van der Waals surface area contributed by atoms with Crippen molar-refractivity contribution < 1.29 is 9.53 Å². The first kappa shape index (κ1) is 13.2. The Labute approximate surface area is 122 Å². The van der Waals surface area contributed by atoms with E-state index in [-0.39, 0.29) is 0 Å². The van der Waals surface area contributed by atoms with E-state index in [0.717, 1.165) is 18.7 Å². The largest absolute Gasteiger partial charge is 0.429 e. The van der Waals surface area contributed by atoms with Crippen molar-refractivity contribution in [3.8, 4) is 5.75 Å². The second kappa shape index (κ2) is 6.13. The predicted octanol–water partition coefficient (Wildman–Crippen LogP) is 3.36. The smallest absolute Gasteiger partial charge is 0.298 e. The van der Waals surface area contributed by atoms with Crippen LogP contribution in [0.15, 0.2) is 54.7 Å². The maximum Gasteiger partial charge on any atom is 0.298 e. The Balaban J connectivity index is 1.59. The summed E-state index contributed by atoms with van der Waals surface area (Å²) in [6, 6.07) is 15.6. The van der Waals surface area contributed by atoms with E-state index in [4.69, 9.17) is 4.74 Å². The van der Waals surface area contributed by atoms with E-state index in [9.17, 15) is 4.79 Å². The zero-order valence-electron chi connectivity index (χ0n) is 11.5. The van der Waals surface area contributed by atoms with Crippen molar-refractivity contribution in [3.05, 3.63) is 60.3 Å². The molecule has 0 unspecified atom stereocenters. The van der Waals surface area contributed by atoms with Crippen LogP contribution in [0.3, 0.4) is 0 Å². The molecular weight excluding hydrogens is 264 g/mol. The van der Waals surface area contributed by atoms with Crippen LogP contribution in [0, 0.1) is 0 Å². The number of ether oxygens (including phenoxy) is 1. The maximum atomic E-state index is 10.2. The summed E-state index contributed by atoms with van der Waals surface area (Å²) in [5.74, 6) is 0.548. The number of aromatic nitrogens is 1. The van der Waals surface area contributed by atoms with Gasteiger partial charge in [0.05, 0.1) is 0 Å². The molecule has 0 fully saturated rings. The third-order valence-electron chi connectivity index (χ3n) is 3.44. The zero-order chi connectivity index (χ0) is 14.5. The number of H-pyrrole nitrogens is 1. The van der Waals surface area contributed by atoms with Crippen molar-refractivity contribution in [2.75, 3.05) is 11.9 Å². The van der Waals surface area contributed by atoms with Gasteiger partial charge in [-0.15, -0.1) is 0 Å². The predicted molar refractivity (Wildman–Crippen MR) is 83.6 cm³/mol. The summed E-state index contributed by atoms with van der Waals surface area (Å²) in [6.45, 7) is 1.27. The van der Waals surface area contributed by atoms with Crippen LogP contribution in [0.5, 0.6) is 5.75 Å². The minimum Gasteiger partial charge on any atom is -0.429 e. The first-order valence-corrected chi connectivity index (χ1v) is 6.86. The van der Waals surface area contributed by atoms with E-state index < -0.39 is 0 Å². The molecule has 0 aliphatic heterocycles. The standard InChI is InChI=1S/C17H16N2O2/c20-12-21-15-7-5-14(6-8-15)18-10-9-13-11-19-17-4-2-1-3-16(13)17/h1-8,11-12,18-19H,9-10H2. The normalized spacial score (nSPS) is 10.5. The average Bonchev–Trinajstić information content (AvgIpc) is 2.93. The molecule has 0 spiro atoms. The van der Waals surface area contributed by atoms with Crippen molar-refractivity contribution in [3.63, 3.8) is 0 Å². The Morgan fingerprint density at radius 3 is 2.71 bits per heavy atom. The van der Waals surface area contributed by atoms with Gasteiger partial charge in [0.15, 0.2) is 0 Å². The number of hydrogen-bond acceptors (Lipinski definition) is 3. The number of carbonyl (C=O) groups is 1. The van der Waals surface area contributed by atoms with Crippen molar-refractivity contribution in [1.29, 1.82) is 0 Å². The van der Waals surface area contributed by atoms with Crippen LogP contribution in [0.1, 0.15) is 5.56 Å². The van der Waals surface area contributed by atoms with Crippen LogP contribution in [0.2, 0.25) is 0 Å². The van der Waals surface area contributed by atoms with E-state index >= 15 is 0 Å². The Kier molecular flexibility index (Phi) is 3.87. The summed E-state index contributed by atoms with van der Waals surface area (Å²) >= 11 is 0. The lowest BCUT2D eigenvalue weighted by Crippen LogP contribution is -2.04. The van der Waals surface area contributed by atoms with Gasteiger partial charge < -0.3 is 15.0 Å². The highest BCUT2D eigenvalue weighted by atomic mass is 16.5. The van der Waals surface area contributed by atoms with Gasteiger partial charge in [0.25, 0.3) is 6.47 Å². The summed E-state index contributed by atoms with van der Waals surface area (Å²) in [7, 11) is 0. The summed E-state index contributed by atoms with van der Waals surface area (Å²) in [4.78, 5) is 13.5. The van der Waals surface area contributed by atoms with Crippen LogP contribution in [-0.4, -0.2) is 18.0 Å². The van der Waals surface area contributed by atoms with Crippen LogP contribution in [0.4, 0.5) is 5.69 Å². The molecule has 0 amide bonds. The van der Waals surface area contributed by atoms with Gasteiger partial charge in [-0.25, -0.2) is 0 Å². The Hall–Kier alpha value is -2.75. The van der Waals surface area contributed by atoms with E-state index in [1.165, 1.54) is 16.5 Å². The lowest BCUT2D eigenvalue weighted by Gasteiger charge is -2.06. The van der Waals surface area contributed by atoms with Gasteiger partial charge in [0.2, 0.25) is 0 Å². The Morgan fingerprint density at radius 2 is 1.90 bits per heavy atom. The molecule has 0 aliphatic rings. The second-order valence-electron chi connectivity index (χ2n) is 4.77. The molecule has 4 nitrogen and oxygen atoms in total. The minimum atomic E-state index is 0.430. The lowest BCUT2D eigenvalue weighted by atomic mass is 10.1.